The molecule has 15 heavy (non-hydrogen) atoms. The van der Waals surface area contributed by atoms with Crippen LogP contribution in [0.25, 0.3) is 0 Å². The van der Waals surface area contributed by atoms with Gasteiger partial charge in [-0.1, -0.05) is 13.8 Å². The molecule has 1 rings (SSSR count). The molecule has 4 nitrogen and oxygen atoms in total. The van der Waals surface area contributed by atoms with Gasteiger partial charge < -0.3 is 4.74 Å². The van der Waals surface area contributed by atoms with E-state index in [0.717, 1.165) is 5.56 Å². The molecule has 0 N–H and O–H groups in total. The number of methoxy groups -OCH3 is 1. The van der Waals surface area contributed by atoms with Gasteiger partial charge in [-0.15, -0.1) is 5.10 Å². The van der Waals surface area contributed by atoms with E-state index >= 15 is 0 Å². The summed E-state index contributed by atoms with van der Waals surface area (Å²) >= 11 is 0. The first-order valence-corrected chi connectivity index (χ1v) is 5.15. The van der Waals surface area contributed by atoms with Crippen molar-refractivity contribution in [3.8, 4) is 5.88 Å². The number of hydrogen-bond donors (Lipinski definition) is 0. The molecule has 0 unspecified atom stereocenters. The van der Waals surface area contributed by atoms with E-state index in [-0.39, 0.29) is 17.5 Å². The van der Waals surface area contributed by atoms with Crippen LogP contribution in [-0.2, 0) is 0 Å². The highest BCUT2D eigenvalue weighted by Crippen LogP contribution is 2.15. The summed E-state index contributed by atoms with van der Waals surface area (Å²) in [6.07, 6.45) is 0. The van der Waals surface area contributed by atoms with Crippen LogP contribution >= 0.6 is 0 Å². The number of ether oxygens (including phenoxy) is 1. The molecule has 0 amide bonds. The summed E-state index contributed by atoms with van der Waals surface area (Å²) in [5.74, 6) is 0.673. The maximum absolute atomic E-state index is 12.0. The van der Waals surface area contributed by atoms with Crippen LogP contribution in [0.3, 0.4) is 0 Å². The largest absolute Gasteiger partial charge is 0.480 e. The second kappa shape index (κ2) is 4.47. The number of nitrogens with zero attached hydrogens (tertiary/aromatic N) is 2. The first-order valence-electron chi connectivity index (χ1n) is 5.15. The van der Waals surface area contributed by atoms with Gasteiger partial charge in [0.2, 0.25) is 5.88 Å². The summed E-state index contributed by atoms with van der Waals surface area (Å²) in [4.78, 5) is 12.0. The molecule has 0 aliphatic heterocycles. The van der Waals surface area contributed by atoms with Crippen molar-refractivity contribution < 1.29 is 4.74 Å². The highest BCUT2D eigenvalue weighted by atomic mass is 16.5. The highest BCUT2D eigenvalue weighted by molar-refractivity contribution is 5.20. The minimum Gasteiger partial charge on any atom is -0.480 e. The third-order valence-electron chi connectivity index (χ3n) is 2.26. The van der Waals surface area contributed by atoms with Gasteiger partial charge in [0.05, 0.1) is 13.2 Å². The lowest BCUT2D eigenvalue weighted by atomic mass is 10.1. The fourth-order valence-electron chi connectivity index (χ4n) is 1.37. The Labute approximate surface area is 89.9 Å². The third kappa shape index (κ3) is 2.37. The van der Waals surface area contributed by atoms with E-state index in [4.69, 9.17) is 4.74 Å². The fraction of sp³-hybridized carbons (Fsp3) is 0.636. The Morgan fingerprint density at radius 3 is 2.33 bits per heavy atom. The van der Waals surface area contributed by atoms with Gasteiger partial charge in [-0.3, -0.25) is 4.79 Å². The van der Waals surface area contributed by atoms with Crippen molar-refractivity contribution in [1.82, 2.24) is 9.78 Å². The van der Waals surface area contributed by atoms with Crippen LogP contribution in [0.4, 0.5) is 0 Å². The molecule has 0 atom stereocenters. The van der Waals surface area contributed by atoms with Crippen LogP contribution in [0.2, 0.25) is 0 Å². The molecule has 0 radical (unpaired) electrons. The summed E-state index contributed by atoms with van der Waals surface area (Å²) in [6.45, 7) is 7.83. The van der Waals surface area contributed by atoms with Crippen molar-refractivity contribution in [3.05, 3.63) is 22.0 Å². The van der Waals surface area contributed by atoms with Crippen molar-refractivity contribution in [2.75, 3.05) is 7.11 Å². The first kappa shape index (κ1) is 11.8. The molecule has 0 aromatic carbocycles. The lowest BCUT2D eigenvalue weighted by Crippen LogP contribution is -2.28. The van der Waals surface area contributed by atoms with E-state index in [0.29, 0.717) is 5.88 Å². The Morgan fingerprint density at radius 1 is 1.33 bits per heavy atom. The summed E-state index contributed by atoms with van der Waals surface area (Å²) in [7, 11) is 1.56. The number of aromatic nitrogens is 2. The molecule has 0 spiro atoms. The standard InChI is InChI=1S/C11H18N2O2/c1-7(2)9-6-10(15-5)12-13(8(3)4)11(9)14/h6-8H,1-5H3. The van der Waals surface area contributed by atoms with Crippen molar-refractivity contribution in [2.45, 2.75) is 39.7 Å². The van der Waals surface area contributed by atoms with Gasteiger partial charge in [0, 0.05) is 11.6 Å². The average Bonchev–Trinajstić information content (AvgIpc) is 2.17. The van der Waals surface area contributed by atoms with E-state index in [1.54, 1.807) is 13.2 Å². The van der Waals surface area contributed by atoms with Crippen molar-refractivity contribution >= 4 is 0 Å². The molecule has 1 heterocycles. The topological polar surface area (TPSA) is 44.1 Å². The summed E-state index contributed by atoms with van der Waals surface area (Å²) < 4.78 is 6.55. The van der Waals surface area contributed by atoms with Gasteiger partial charge >= 0.3 is 0 Å². The smallest absolute Gasteiger partial charge is 0.270 e. The Kier molecular flexibility index (Phi) is 3.50. The molecule has 0 bridgehead atoms. The van der Waals surface area contributed by atoms with Gasteiger partial charge in [-0.25, -0.2) is 4.68 Å². The lowest BCUT2D eigenvalue weighted by molar-refractivity contribution is 0.364. The fourth-order valence-corrected chi connectivity index (χ4v) is 1.37. The molecule has 0 fully saturated rings. The van der Waals surface area contributed by atoms with Gasteiger partial charge in [-0.05, 0) is 19.8 Å². The van der Waals surface area contributed by atoms with Crippen LogP contribution < -0.4 is 10.3 Å². The second-order valence-corrected chi connectivity index (χ2v) is 4.14. The molecule has 0 aliphatic rings. The summed E-state index contributed by atoms with van der Waals surface area (Å²) in [5, 5.41) is 4.12. The molecule has 1 aromatic heterocycles. The molecule has 4 heteroatoms. The monoisotopic (exact) mass is 210 g/mol. The predicted molar refractivity (Wildman–Crippen MR) is 59.5 cm³/mol. The van der Waals surface area contributed by atoms with E-state index in [1.807, 2.05) is 27.7 Å². The molecule has 1 aromatic rings. The quantitative estimate of drug-likeness (QED) is 0.766. The maximum atomic E-state index is 12.0. The Balaban J connectivity index is 3.41. The van der Waals surface area contributed by atoms with Crippen LogP contribution in [0.5, 0.6) is 5.88 Å². The second-order valence-electron chi connectivity index (χ2n) is 4.14. The average molecular weight is 210 g/mol. The zero-order chi connectivity index (χ0) is 11.6. The molecular formula is C11H18N2O2. The lowest BCUT2D eigenvalue weighted by Gasteiger charge is -2.13. The number of rotatable bonds is 3. The van der Waals surface area contributed by atoms with E-state index < -0.39 is 0 Å². The Morgan fingerprint density at radius 2 is 1.93 bits per heavy atom. The van der Waals surface area contributed by atoms with Crippen molar-refractivity contribution in [2.24, 2.45) is 0 Å². The zero-order valence-electron chi connectivity index (χ0n) is 9.94. The molecule has 0 saturated heterocycles. The highest BCUT2D eigenvalue weighted by Gasteiger charge is 2.13. The third-order valence-corrected chi connectivity index (χ3v) is 2.26. The van der Waals surface area contributed by atoms with Gasteiger partial charge in [-0.2, -0.15) is 0 Å². The van der Waals surface area contributed by atoms with Crippen LogP contribution in [0.15, 0.2) is 10.9 Å². The van der Waals surface area contributed by atoms with Gasteiger partial charge in [0.1, 0.15) is 0 Å². The van der Waals surface area contributed by atoms with Crippen LogP contribution in [0, 0.1) is 0 Å². The SMILES string of the molecule is COc1cc(C(C)C)c(=O)n(C(C)C)n1. The molecular weight excluding hydrogens is 192 g/mol. The Hall–Kier alpha value is -1.32. The van der Waals surface area contributed by atoms with E-state index in [1.165, 1.54) is 4.68 Å². The van der Waals surface area contributed by atoms with E-state index in [2.05, 4.69) is 5.10 Å². The molecule has 84 valence electrons. The normalized spacial score (nSPS) is 11.1. The maximum Gasteiger partial charge on any atom is 0.270 e. The van der Waals surface area contributed by atoms with Gasteiger partial charge in [0.25, 0.3) is 5.56 Å². The molecule has 0 aliphatic carbocycles. The minimum absolute atomic E-state index is 0.0270. The first-order chi connectivity index (χ1) is 6.97. The summed E-state index contributed by atoms with van der Waals surface area (Å²) in [6, 6.07) is 1.76. The summed E-state index contributed by atoms with van der Waals surface area (Å²) in [5.41, 5.74) is 0.719. The van der Waals surface area contributed by atoms with E-state index in [9.17, 15) is 4.79 Å². The van der Waals surface area contributed by atoms with Crippen molar-refractivity contribution in [3.63, 3.8) is 0 Å². The van der Waals surface area contributed by atoms with Gasteiger partial charge in [0.15, 0.2) is 0 Å². The van der Waals surface area contributed by atoms with Crippen molar-refractivity contribution in [1.29, 1.82) is 0 Å². The van der Waals surface area contributed by atoms with Crippen LogP contribution in [0.1, 0.15) is 45.2 Å². The zero-order valence-corrected chi connectivity index (χ0v) is 9.94. The Bertz CT molecular complexity index is 362. The van der Waals surface area contributed by atoms with Crippen LogP contribution in [-0.4, -0.2) is 16.9 Å². The molecule has 0 saturated carbocycles. The predicted octanol–water partition coefficient (Wildman–Crippen LogP) is 1.96. The minimum atomic E-state index is -0.0270. The number of hydrogen-bond acceptors (Lipinski definition) is 3.